The number of halogens is 1. The summed E-state index contributed by atoms with van der Waals surface area (Å²) in [7, 11) is 0. The van der Waals surface area contributed by atoms with Gasteiger partial charge in [0.15, 0.2) is 0 Å². The summed E-state index contributed by atoms with van der Waals surface area (Å²) in [5, 5.41) is 2.67. The summed E-state index contributed by atoms with van der Waals surface area (Å²) in [6.07, 6.45) is 1.66. The Morgan fingerprint density at radius 1 is 1.11 bits per heavy atom. The second-order valence-corrected chi connectivity index (χ2v) is 8.55. The number of nitrogens with zero attached hydrogens (tertiary/aromatic N) is 4. The van der Waals surface area contributed by atoms with Gasteiger partial charge in [0.05, 0.1) is 21.8 Å². The number of pyridine rings is 1. The van der Waals surface area contributed by atoms with E-state index in [0.717, 1.165) is 40.8 Å². The fourth-order valence-corrected chi connectivity index (χ4v) is 4.82. The zero-order valence-electron chi connectivity index (χ0n) is 15.1. The van der Waals surface area contributed by atoms with Crippen LogP contribution in [0.25, 0.3) is 0 Å². The molecule has 0 unspecified atom stereocenters. The smallest absolute Gasteiger partial charge is 0.255 e. The van der Waals surface area contributed by atoms with Gasteiger partial charge in [-0.05, 0) is 24.3 Å². The normalized spacial score (nSPS) is 14.3. The van der Waals surface area contributed by atoms with Crippen molar-refractivity contribution in [3.05, 3.63) is 69.8 Å². The van der Waals surface area contributed by atoms with E-state index in [9.17, 15) is 4.79 Å². The van der Waals surface area contributed by atoms with Crippen molar-refractivity contribution in [2.75, 3.05) is 31.1 Å². The molecule has 4 rings (SSSR count). The van der Waals surface area contributed by atoms with Gasteiger partial charge in [0, 0.05) is 48.4 Å². The molecule has 5 nitrogen and oxygen atoms in total. The standard InChI is InChI=1S/C20H19ClN4OS2/c21-15-5-6-19(22-11-15)24-7-9-25(10-8-24)20(26)17-3-1-2-4-18(17)28-13-16-12-27-14-23-16/h1-6,11-12,14H,7-10,13H2. The van der Waals surface area contributed by atoms with Crippen molar-refractivity contribution in [1.29, 1.82) is 0 Å². The number of carbonyl (C=O) groups is 1. The summed E-state index contributed by atoms with van der Waals surface area (Å²) in [4.78, 5) is 26.9. The van der Waals surface area contributed by atoms with Crippen LogP contribution in [0.2, 0.25) is 5.02 Å². The molecular formula is C20H19ClN4OS2. The van der Waals surface area contributed by atoms with E-state index in [1.807, 2.05) is 52.2 Å². The molecule has 1 aromatic carbocycles. The van der Waals surface area contributed by atoms with Crippen molar-refractivity contribution >= 4 is 46.4 Å². The molecule has 1 amide bonds. The number of hydrogen-bond acceptors (Lipinski definition) is 6. The van der Waals surface area contributed by atoms with Gasteiger partial charge in [0.25, 0.3) is 5.91 Å². The third-order valence-corrected chi connectivity index (χ3v) is 6.55. The molecule has 0 saturated carbocycles. The number of rotatable bonds is 5. The highest BCUT2D eigenvalue weighted by atomic mass is 35.5. The van der Waals surface area contributed by atoms with Crippen molar-refractivity contribution in [2.24, 2.45) is 0 Å². The van der Waals surface area contributed by atoms with E-state index in [-0.39, 0.29) is 5.91 Å². The average molecular weight is 431 g/mol. The van der Waals surface area contributed by atoms with Gasteiger partial charge in [-0.1, -0.05) is 23.7 Å². The molecule has 0 N–H and O–H groups in total. The predicted molar refractivity (Wildman–Crippen MR) is 115 cm³/mol. The molecular weight excluding hydrogens is 412 g/mol. The molecule has 0 bridgehead atoms. The van der Waals surface area contributed by atoms with Gasteiger partial charge in [-0.25, -0.2) is 9.97 Å². The van der Waals surface area contributed by atoms with Crippen molar-refractivity contribution in [2.45, 2.75) is 10.6 Å². The number of thiazole rings is 1. The fraction of sp³-hybridized carbons (Fsp3) is 0.250. The molecule has 3 heterocycles. The summed E-state index contributed by atoms with van der Waals surface area (Å²) in [5.74, 6) is 1.75. The van der Waals surface area contributed by atoms with Crippen LogP contribution in [-0.4, -0.2) is 47.0 Å². The maximum Gasteiger partial charge on any atom is 0.255 e. The Hall–Kier alpha value is -2.09. The molecule has 28 heavy (non-hydrogen) atoms. The number of carbonyl (C=O) groups excluding carboxylic acids is 1. The van der Waals surface area contributed by atoms with Crippen LogP contribution in [0.5, 0.6) is 0 Å². The Bertz CT molecular complexity index is 926. The monoisotopic (exact) mass is 430 g/mol. The molecule has 1 saturated heterocycles. The van der Waals surface area contributed by atoms with Crippen LogP contribution >= 0.6 is 34.7 Å². The number of benzene rings is 1. The van der Waals surface area contributed by atoms with Gasteiger partial charge < -0.3 is 9.80 Å². The van der Waals surface area contributed by atoms with Gasteiger partial charge in [0.1, 0.15) is 5.82 Å². The second-order valence-electron chi connectivity index (χ2n) is 6.38. The Balaban J connectivity index is 1.40. The number of aromatic nitrogens is 2. The van der Waals surface area contributed by atoms with E-state index >= 15 is 0 Å². The van der Waals surface area contributed by atoms with Gasteiger partial charge >= 0.3 is 0 Å². The third kappa shape index (κ3) is 4.48. The fourth-order valence-electron chi connectivity index (χ4n) is 3.09. The first-order valence-electron chi connectivity index (χ1n) is 8.95. The molecule has 1 aliphatic heterocycles. The minimum atomic E-state index is 0.0880. The summed E-state index contributed by atoms with van der Waals surface area (Å²) in [6.45, 7) is 2.87. The van der Waals surface area contributed by atoms with Crippen LogP contribution in [0, 0.1) is 0 Å². The molecule has 144 valence electrons. The first kappa shape index (κ1) is 19.2. The van der Waals surface area contributed by atoms with Gasteiger partial charge in [-0.3, -0.25) is 4.79 Å². The first-order valence-corrected chi connectivity index (χ1v) is 11.3. The number of amides is 1. The third-order valence-electron chi connectivity index (χ3n) is 4.58. The van der Waals surface area contributed by atoms with Crippen LogP contribution in [0.1, 0.15) is 16.1 Å². The van der Waals surface area contributed by atoms with E-state index < -0.39 is 0 Å². The van der Waals surface area contributed by atoms with Crippen molar-refractivity contribution in [3.8, 4) is 0 Å². The van der Waals surface area contributed by atoms with E-state index in [1.165, 1.54) is 0 Å². The van der Waals surface area contributed by atoms with Crippen molar-refractivity contribution < 1.29 is 4.79 Å². The molecule has 1 fully saturated rings. The molecule has 1 aliphatic rings. The average Bonchev–Trinajstić information content (AvgIpc) is 3.26. The van der Waals surface area contributed by atoms with Crippen molar-refractivity contribution in [3.63, 3.8) is 0 Å². The molecule has 0 aliphatic carbocycles. The lowest BCUT2D eigenvalue weighted by atomic mass is 10.2. The zero-order chi connectivity index (χ0) is 19.3. The lowest BCUT2D eigenvalue weighted by Crippen LogP contribution is -2.49. The van der Waals surface area contributed by atoms with E-state index in [2.05, 4.69) is 14.9 Å². The summed E-state index contributed by atoms with van der Waals surface area (Å²) in [5.41, 5.74) is 3.64. The highest BCUT2D eigenvalue weighted by Gasteiger charge is 2.24. The first-order chi connectivity index (χ1) is 13.7. The maximum atomic E-state index is 13.1. The Kier molecular flexibility index (Phi) is 6.14. The predicted octanol–water partition coefficient (Wildman–Crippen LogP) is 4.45. The molecule has 0 spiro atoms. The van der Waals surface area contributed by atoms with E-state index in [0.29, 0.717) is 18.1 Å². The van der Waals surface area contributed by atoms with Crippen LogP contribution in [0.15, 0.2) is 58.4 Å². The molecule has 0 radical (unpaired) electrons. The SMILES string of the molecule is O=C(c1ccccc1SCc1cscn1)N1CCN(c2ccc(Cl)cn2)CC1. The lowest BCUT2D eigenvalue weighted by molar-refractivity contribution is 0.0743. The highest BCUT2D eigenvalue weighted by molar-refractivity contribution is 7.98. The van der Waals surface area contributed by atoms with Crippen molar-refractivity contribution in [1.82, 2.24) is 14.9 Å². The maximum absolute atomic E-state index is 13.1. The topological polar surface area (TPSA) is 49.3 Å². The van der Waals surface area contributed by atoms with Gasteiger partial charge in [0.2, 0.25) is 0 Å². The summed E-state index contributed by atoms with van der Waals surface area (Å²) < 4.78 is 0. The second kappa shape index (κ2) is 8.94. The number of hydrogen-bond donors (Lipinski definition) is 0. The summed E-state index contributed by atoms with van der Waals surface area (Å²) in [6, 6.07) is 11.6. The van der Waals surface area contributed by atoms with Crippen LogP contribution in [-0.2, 0) is 5.75 Å². The van der Waals surface area contributed by atoms with E-state index in [4.69, 9.17) is 11.6 Å². The molecule has 3 aromatic rings. The van der Waals surface area contributed by atoms with Gasteiger partial charge in [-0.15, -0.1) is 23.1 Å². The number of anilines is 1. The Morgan fingerprint density at radius 2 is 1.93 bits per heavy atom. The van der Waals surface area contributed by atoms with E-state index in [1.54, 1.807) is 29.3 Å². The quantitative estimate of drug-likeness (QED) is 0.560. The minimum absolute atomic E-state index is 0.0880. The number of thioether (sulfide) groups is 1. The van der Waals surface area contributed by atoms with Crippen LogP contribution in [0.4, 0.5) is 5.82 Å². The lowest BCUT2D eigenvalue weighted by Gasteiger charge is -2.35. The Morgan fingerprint density at radius 3 is 2.64 bits per heavy atom. The van der Waals surface area contributed by atoms with Crippen LogP contribution in [0.3, 0.4) is 0 Å². The molecule has 0 atom stereocenters. The van der Waals surface area contributed by atoms with Crippen LogP contribution < -0.4 is 4.90 Å². The molecule has 2 aromatic heterocycles. The number of piperazine rings is 1. The highest BCUT2D eigenvalue weighted by Crippen LogP contribution is 2.27. The Labute approximate surface area is 177 Å². The largest absolute Gasteiger partial charge is 0.353 e. The zero-order valence-corrected chi connectivity index (χ0v) is 17.5. The summed E-state index contributed by atoms with van der Waals surface area (Å²) >= 11 is 9.17. The molecule has 8 heteroatoms. The van der Waals surface area contributed by atoms with Gasteiger partial charge in [-0.2, -0.15) is 0 Å². The minimum Gasteiger partial charge on any atom is -0.353 e.